The Hall–Kier alpha value is -2.50. The van der Waals surface area contributed by atoms with E-state index in [1.807, 2.05) is 13.0 Å². The van der Waals surface area contributed by atoms with Crippen molar-refractivity contribution < 1.29 is 14.3 Å². The highest BCUT2D eigenvalue weighted by Gasteiger charge is 2.13. The summed E-state index contributed by atoms with van der Waals surface area (Å²) in [4.78, 5) is 16.2. The van der Waals surface area contributed by atoms with Gasteiger partial charge in [0, 0.05) is 13.1 Å². The third-order valence-corrected chi connectivity index (χ3v) is 2.85. The van der Waals surface area contributed by atoms with Gasteiger partial charge in [-0.3, -0.25) is 0 Å². The van der Waals surface area contributed by atoms with Crippen molar-refractivity contribution in [3.05, 3.63) is 42.0 Å². The maximum absolute atomic E-state index is 11.8. The molecule has 120 valence electrons. The second kappa shape index (κ2) is 9.44. The van der Waals surface area contributed by atoms with Crippen molar-refractivity contribution in [2.75, 3.05) is 27.3 Å². The lowest BCUT2D eigenvalue weighted by Crippen LogP contribution is -2.37. The van der Waals surface area contributed by atoms with E-state index in [1.54, 1.807) is 18.2 Å². The summed E-state index contributed by atoms with van der Waals surface area (Å²) in [5, 5.41) is 6.25. The number of methoxy groups -OCH3 is 2. The fraction of sp³-hybridized carbons (Fsp3) is 0.375. The molecule has 0 spiro atoms. The molecule has 0 heterocycles. The smallest absolute Gasteiger partial charge is 0.341 e. The number of nitrogens with zero attached hydrogens (tertiary/aromatic N) is 1. The van der Waals surface area contributed by atoms with Crippen LogP contribution in [-0.2, 0) is 11.3 Å². The monoisotopic (exact) mass is 305 g/mol. The summed E-state index contributed by atoms with van der Waals surface area (Å²) in [6.07, 6.45) is 1.76. The number of carbonyl (C=O) groups is 1. The normalized spacial score (nSPS) is 10.8. The van der Waals surface area contributed by atoms with Crippen molar-refractivity contribution in [2.24, 2.45) is 4.99 Å². The van der Waals surface area contributed by atoms with Crippen molar-refractivity contribution in [2.45, 2.75) is 13.5 Å². The molecule has 1 aromatic carbocycles. The van der Waals surface area contributed by atoms with Gasteiger partial charge in [0.1, 0.15) is 11.3 Å². The van der Waals surface area contributed by atoms with Gasteiger partial charge in [0.05, 0.1) is 20.8 Å². The van der Waals surface area contributed by atoms with Crippen LogP contribution in [0.2, 0.25) is 0 Å². The zero-order valence-corrected chi connectivity index (χ0v) is 13.3. The Kier molecular flexibility index (Phi) is 7.53. The van der Waals surface area contributed by atoms with Crippen LogP contribution in [0.25, 0.3) is 0 Å². The third kappa shape index (κ3) is 5.12. The molecule has 1 rings (SSSR count). The predicted octanol–water partition coefficient (Wildman–Crippen LogP) is 1.72. The SMILES string of the molecule is C=CCNC(=NCc1ccc(OC)c(C(=O)OC)c1)NCC. The first kappa shape index (κ1) is 17.6. The maximum atomic E-state index is 11.8. The number of ether oxygens (including phenoxy) is 2. The molecule has 0 atom stereocenters. The molecular weight excluding hydrogens is 282 g/mol. The maximum Gasteiger partial charge on any atom is 0.341 e. The van der Waals surface area contributed by atoms with E-state index in [-0.39, 0.29) is 0 Å². The largest absolute Gasteiger partial charge is 0.496 e. The van der Waals surface area contributed by atoms with Gasteiger partial charge in [-0.1, -0.05) is 12.1 Å². The lowest BCUT2D eigenvalue weighted by atomic mass is 10.1. The molecule has 0 saturated heterocycles. The van der Waals surface area contributed by atoms with Gasteiger partial charge in [0.2, 0.25) is 0 Å². The molecule has 0 fully saturated rings. The zero-order valence-electron chi connectivity index (χ0n) is 13.3. The van der Waals surface area contributed by atoms with Crippen LogP contribution in [0.1, 0.15) is 22.8 Å². The van der Waals surface area contributed by atoms with Gasteiger partial charge in [0.15, 0.2) is 5.96 Å². The number of esters is 1. The second-order valence-electron chi connectivity index (χ2n) is 4.39. The van der Waals surface area contributed by atoms with Crippen LogP contribution in [0.15, 0.2) is 35.8 Å². The van der Waals surface area contributed by atoms with Gasteiger partial charge < -0.3 is 20.1 Å². The number of guanidine groups is 1. The Labute approximate surface area is 131 Å². The van der Waals surface area contributed by atoms with Crippen LogP contribution in [0.4, 0.5) is 0 Å². The summed E-state index contributed by atoms with van der Waals surface area (Å²) in [6.45, 7) is 7.47. The molecule has 0 unspecified atom stereocenters. The van der Waals surface area contributed by atoms with Crippen LogP contribution in [0.3, 0.4) is 0 Å². The number of aliphatic imine (C=N–C) groups is 1. The Morgan fingerprint density at radius 3 is 2.73 bits per heavy atom. The minimum Gasteiger partial charge on any atom is -0.496 e. The van der Waals surface area contributed by atoms with E-state index >= 15 is 0 Å². The van der Waals surface area contributed by atoms with Gasteiger partial charge in [-0.2, -0.15) is 0 Å². The minimum absolute atomic E-state index is 0.391. The topological polar surface area (TPSA) is 72.0 Å². The van der Waals surface area contributed by atoms with Crippen LogP contribution in [0, 0.1) is 0 Å². The molecule has 0 aromatic heterocycles. The van der Waals surface area contributed by atoms with Crippen molar-refractivity contribution in [1.29, 1.82) is 0 Å². The van der Waals surface area contributed by atoms with Crippen molar-refractivity contribution in [3.8, 4) is 5.75 Å². The van der Waals surface area contributed by atoms with Crippen molar-refractivity contribution in [1.82, 2.24) is 10.6 Å². The number of hydrogen-bond donors (Lipinski definition) is 2. The van der Waals surface area contributed by atoms with Crippen LogP contribution < -0.4 is 15.4 Å². The first-order chi connectivity index (χ1) is 10.7. The van der Waals surface area contributed by atoms with E-state index in [1.165, 1.54) is 14.2 Å². The van der Waals surface area contributed by atoms with Crippen LogP contribution >= 0.6 is 0 Å². The zero-order chi connectivity index (χ0) is 16.4. The van der Waals surface area contributed by atoms with Gasteiger partial charge in [-0.15, -0.1) is 6.58 Å². The Morgan fingerprint density at radius 2 is 2.14 bits per heavy atom. The van der Waals surface area contributed by atoms with Gasteiger partial charge in [-0.05, 0) is 24.6 Å². The van der Waals surface area contributed by atoms with Crippen molar-refractivity contribution >= 4 is 11.9 Å². The Bertz CT molecular complexity index is 541. The summed E-state index contributed by atoms with van der Waals surface area (Å²) in [6, 6.07) is 5.33. The van der Waals surface area contributed by atoms with Crippen molar-refractivity contribution in [3.63, 3.8) is 0 Å². The van der Waals surface area contributed by atoms with Gasteiger partial charge in [0.25, 0.3) is 0 Å². The number of carbonyl (C=O) groups excluding carboxylic acids is 1. The Morgan fingerprint density at radius 1 is 1.36 bits per heavy atom. The fourth-order valence-electron chi connectivity index (χ4n) is 1.80. The van der Waals surface area contributed by atoms with E-state index in [9.17, 15) is 4.79 Å². The molecule has 1 aromatic rings. The lowest BCUT2D eigenvalue weighted by molar-refractivity contribution is 0.0597. The highest BCUT2D eigenvalue weighted by molar-refractivity contribution is 5.92. The molecule has 0 aliphatic rings. The van der Waals surface area contributed by atoms with E-state index in [0.717, 1.165) is 12.1 Å². The molecular formula is C16H23N3O3. The standard InChI is InChI=1S/C16H23N3O3/c1-5-9-18-16(17-6-2)19-11-12-7-8-14(21-3)13(10-12)15(20)22-4/h5,7-8,10H,1,6,9,11H2,2-4H3,(H2,17,18,19). The summed E-state index contributed by atoms with van der Waals surface area (Å²) in [7, 11) is 2.86. The molecule has 2 N–H and O–H groups in total. The molecule has 0 aliphatic heterocycles. The molecule has 22 heavy (non-hydrogen) atoms. The summed E-state index contributed by atoms with van der Waals surface area (Å²) >= 11 is 0. The first-order valence-corrected chi connectivity index (χ1v) is 7.04. The molecule has 6 nitrogen and oxygen atoms in total. The highest BCUT2D eigenvalue weighted by atomic mass is 16.5. The van der Waals surface area contributed by atoms with Gasteiger partial charge >= 0.3 is 5.97 Å². The summed E-state index contributed by atoms with van der Waals surface area (Å²) in [5.41, 5.74) is 1.28. The van der Waals surface area contributed by atoms with E-state index < -0.39 is 5.97 Å². The molecule has 0 amide bonds. The lowest BCUT2D eigenvalue weighted by Gasteiger charge is -2.11. The number of nitrogens with one attached hydrogen (secondary N) is 2. The Balaban J connectivity index is 2.92. The number of benzene rings is 1. The predicted molar refractivity (Wildman–Crippen MR) is 87.3 cm³/mol. The van der Waals surface area contributed by atoms with E-state index in [2.05, 4.69) is 22.2 Å². The van der Waals surface area contributed by atoms with E-state index in [0.29, 0.717) is 30.4 Å². The molecule has 0 saturated carbocycles. The van der Waals surface area contributed by atoms with E-state index in [4.69, 9.17) is 9.47 Å². The molecule has 6 heteroatoms. The summed E-state index contributed by atoms with van der Waals surface area (Å²) < 4.78 is 9.93. The fourth-order valence-corrected chi connectivity index (χ4v) is 1.80. The summed E-state index contributed by atoms with van der Waals surface area (Å²) in [5.74, 6) is 0.744. The first-order valence-electron chi connectivity index (χ1n) is 7.04. The quantitative estimate of drug-likeness (QED) is 0.347. The molecule has 0 radical (unpaired) electrons. The number of rotatable bonds is 7. The third-order valence-electron chi connectivity index (χ3n) is 2.85. The van der Waals surface area contributed by atoms with Crippen LogP contribution in [-0.4, -0.2) is 39.2 Å². The highest BCUT2D eigenvalue weighted by Crippen LogP contribution is 2.21. The molecule has 0 bridgehead atoms. The average Bonchev–Trinajstić information content (AvgIpc) is 2.56. The average molecular weight is 305 g/mol. The van der Waals surface area contributed by atoms with Gasteiger partial charge in [-0.25, -0.2) is 9.79 Å². The van der Waals surface area contributed by atoms with Crippen LogP contribution in [0.5, 0.6) is 5.75 Å². The minimum atomic E-state index is -0.431. The molecule has 0 aliphatic carbocycles. The number of hydrogen-bond acceptors (Lipinski definition) is 4. The second-order valence-corrected chi connectivity index (χ2v) is 4.39.